The van der Waals surface area contributed by atoms with Crippen molar-refractivity contribution in [3.05, 3.63) is 0 Å². The van der Waals surface area contributed by atoms with Gasteiger partial charge in [0.15, 0.2) is 0 Å². The molecule has 0 aromatic rings. The summed E-state index contributed by atoms with van der Waals surface area (Å²) in [6, 6.07) is 0. The van der Waals surface area contributed by atoms with Gasteiger partial charge in [0.05, 0.1) is 0 Å². The maximum absolute atomic E-state index is 2.50. The van der Waals surface area contributed by atoms with E-state index >= 15 is 0 Å². The highest BCUT2D eigenvalue weighted by atomic mass is 14.4. The zero-order valence-electron chi connectivity index (χ0n) is 12.1. The van der Waals surface area contributed by atoms with Crippen LogP contribution in [-0.4, -0.2) is 0 Å². The van der Waals surface area contributed by atoms with Crippen LogP contribution in [0.3, 0.4) is 0 Å². The molecule has 0 aromatic heterocycles. The average molecular weight is 236 g/mol. The zero-order chi connectivity index (χ0) is 12.1. The van der Waals surface area contributed by atoms with Crippen LogP contribution < -0.4 is 0 Å². The summed E-state index contributed by atoms with van der Waals surface area (Å²) in [5.74, 6) is 4.22. The van der Waals surface area contributed by atoms with Gasteiger partial charge in [-0.15, -0.1) is 0 Å². The van der Waals surface area contributed by atoms with Crippen LogP contribution >= 0.6 is 0 Å². The summed E-state index contributed by atoms with van der Waals surface area (Å²) >= 11 is 0. The lowest BCUT2D eigenvalue weighted by Crippen LogP contribution is -2.29. The molecule has 0 saturated heterocycles. The first-order valence-corrected chi connectivity index (χ1v) is 8.27. The summed E-state index contributed by atoms with van der Waals surface area (Å²) in [5.41, 5.74) is 0. The Morgan fingerprint density at radius 1 is 0.941 bits per heavy atom. The molecule has 0 heterocycles. The van der Waals surface area contributed by atoms with Gasteiger partial charge in [-0.3, -0.25) is 0 Å². The molecule has 2 fully saturated rings. The van der Waals surface area contributed by atoms with Crippen molar-refractivity contribution in [2.45, 2.75) is 84.5 Å². The average Bonchev–Trinajstić information content (AvgIpc) is 2.79. The molecule has 0 N–H and O–H groups in total. The molecule has 0 heteroatoms. The smallest absolute Gasteiger partial charge is 0.0363 e. The molecule has 0 spiro atoms. The predicted molar refractivity (Wildman–Crippen MR) is 76.1 cm³/mol. The van der Waals surface area contributed by atoms with E-state index in [1.54, 1.807) is 0 Å². The van der Waals surface area contributed by atoms with Crippen LogP contribution in [0.5, 0.6) is 0 Å². The lowest BCUT2D eigenvalue weighted by molar-refractivity contribution is 0.121. The molecule has 2 aliphatic carbocycles. The molecule has 0 aliphatic heterocycles. The maximum atomic E-state index is 2.50. The molecule has 2 aliphatic rings. The van der Waals surface area contributed by atoms with Crippen LogP contribution in [-0.2, 0) is 0 Å². The Labute approximate surface area is 109 Å². The first kappa shape index (κ1) is 13.4. The van der Waals surface area contributed by atoms with Gasteiger partial charge in [0, 0.05) is 0 Å². The van der Waals surface area contributed by atoms with Gasteiger partial charge in [-0.1, -0.05) is 78.1 Å². The topological polar surface area (TPSA) is 0 Å². The second-order valence-corrected chi connectivity index (χ2v) is 6.98. The highest BCUT2D eigenvalue weighted by Crippen LogP contribution is 2.41. The van der Waals surface area contributed by atoms with E-state index in [0.29, 0.717) is 0 Å². The summed E-state index contributed by atoms with van der Waals surface area (Å²) in [7, 11) is 0. The lowest BCUT2D eigenvalue weighted by Gasteiger charge is -2.38. The fourth-order valence-electron chi connectivity index (χ4n) is 4.13. The summed E-state index contributed by atoms with van der Waals surface area (Å²) in [6.45, 7) is 4.95. The van der Waals surface area contributed by atoms with Gasteiger partial charge in [-0.05, 0) is 30.1 Å². The third-order valence-electron chi connectivity index (χ3n) is 5.66. The SMILES string of the molecule is CC(CCCCCC1CCCC1)[C@@H]1CCC1C. The molecular weight excluding hydrogens is 204 g/mol. The van der Waals surface area contributed by atoms with Gasteiger partial charge in [0.25, 0.3) is 0 Å². The normalized spacial score (nSPS) is 31.4. The Hall–Kier alpha value is 0. The van der Waals surface area contributed by atoms with Crippen molar-refractivity contribution in [1.29, 1.82) is 0 Å². The summed E-state index contributed by atoms with van der Waals surface area (Å²) in [6.07, 6.45) is 16.7. The van der Waals surface area contributed by atoms with Crippen LogP contribution in [0.15, 0.2) is 0 Å². The molecule has 3 atom stereocenters. The largest absolute Gasteiger partial charge is 0.0622 e. The van der Waals surface area contributed by atoms with Crippen molar-refractivity contribution >= 4 is 0 Å². The van der Waals surface area contributed by atoms with Gasteiger partial charge >= 0.3 is 0 Å². The highest BCUT2D eigenvalue weighted by molar-refractivity contribution is 4.81. The van der Waals surface area contributed by atoms with Crippen molar-refractivity contribution in [1.82, 2.24) is 0 Å². The molecular formula is C17H32. The molecule has 2 saturated carbocycles. The van der Waals surface area contributed by atoms with Crippen LogP contribution in [0.25, 0.3) is 0 Å². The Morgan fingerprint density at radius 2 is 1.71 bits per heavy atom. The fourth-order valence-corrected chi connectivity index (χ4v) is 4.13. The molecule has 17 heavy (non-hydrogen) atoms. The summed E-state index contributed by atoms with van der Waals surface area (Å²) in [5, 5.41) is 0. The third kappa shape index (κ3) is 4.00. The first-order chi connectivity index (χ1) is 8.27. The second kappa shape index (κ2) is 6.81. The van der Waals surface area contributed by atoms with Gasteiger partial charge < -0.3 is 0 Å². The van der Waals surface area contributed by atoms with E-state index in [4.69, 9.17) is 0 Å². The number of hydrogen-bond acceptors (Lipinski definition) is 0. The minimum absolute atomic E-state index is 1.00. The molecule has 0 radical (unpaired) electrons. The van der Waals surface area contributed by atoms with E-state index in [9.17, 15) is 0 Å². The first-order valence-electron chi connectivity index (χ1n) is 8.27. The molecule has 2 unspecified atom stereocenters. The van der Waals surface area contributed by atoms with Gasteiger partial charge in [-0.25, -0.2) is 0 Å². The Kier molecular flexibility index (Phi) is 5.38. The van der Waals surface area contributed by atoms with E-state index in [1.165, 1.54) is 70.6 Å². The zero-order valence-corrected chi connectivity index (χ0v) is 12.1. The molecule has 0 nitrogen and oxygen atoms in total. The van der Waals surface area contributed by atoms with Gasteiger partial charge in [0.1, 0.15) is 0 Å². The van der Waals surface area contributed by atoms with Crippen LogP contribution in [0.1, 0.15) is 84.5 Å². The molecule has 0 amide bonds. The van der Waals surface area contributed by atoms with Gasteiger partial charge in [0.2, 0.25) is 0 Å². The van der Waals surface area contributed by atoms with E-state index in [2.05, 4.69) is 13.8 Å². The highest BCUT2D eigenvalue weighted by Gasteiger charge is 2.30. The molecule has 100 valence electrons. The molecule has 0 aromatic carbocycles. The van der Waals surface area contributed by atoms with Crippen molar-refractivity contribution in [2.75, 3.05) is 0 Å². The van der Waals surface area contributed by atoms with Crippen LogP contribution in [0.4, 0.5) is 0 Å². The fraction of sp³-hybridized carbons (Fsp3) is 1.00. The van der Waals surface area contributed by atoms with E-state index in [0.717, 1.165) is 23.7 Å². The Balaban J connectivity index is 1.45. The van der Waals surface area contributed by atoms with Crippen LogP contribution in [0.2, 0.25) is 0 Å². The maximum Gasteiger partial charge on any atom is -0.0363 e. The monoisotopic (exact) mass is 236 g/mol. The van der Waals surface area contributed by atoms with E-state index in [-0.39, 0.29) is 0 Å². The van der Waals surface area contributed by atoms with Gasteiger partial charge in [-0.2, -0.15) is 0 Å². The van der Waals surface area contributed by atoms with Crippen molar-refractivity contribution in [3.8, 4) is 0 Å². The quantitative estimate of drug-likeness (QED) is 0.489. The van der Waals surface area contributed by atoms with Crippen molar-refractivity contribution in [3.63, 3.8) is 0 Å². The lowest BCUT2D eigenvalue weighted by atomic mass is 9.67. The molecule has 0 bridgehead atoms. The summed E-state index contributed by atoms with van der Waals surface area (Å²) in [4.78, 5) is 0. The standard InChI is InChI=1S/C17H32/c1-14(17-13-12-15(17)2)8-4-3-5-9-16-10-6-7-11-16/h14-17H,3-13H2,1-2H3/t14?,15?,17-/m0/s1. The minimum Gasteiger partial charge on any atom is -0.0622 e. The second-order valence-electron chi connectivity index (χ2n) is 6.98. The van der Waals surface area contributed by atoms with Crippen LogP contribution in [0, 0.1) is 23.7 Å². The van der Waals surface area contributed by atoms with E-state index in [1.807, 2.05) is 0 Å². The Morgan fingerprint density at radius 3 is 2.29 bits per heavy atom. The number of hydrogen-bond donors (Lipinski definition) is 0. The molecule has 2 rings (SSSR count). The van der Waals surface area contributed by atoms with Crippen molar-refractivity contribution < 1.29 is 0 Å². The summed E-state index contributed by atoms with van der Waals surface area (Å²) < 4.78 is 0. The Bertz CT molecular complexity index is 202. The number of unbranched alkanes of at least 4 members (excludes halogenated alkanes) is 2. The number of rotatable bonds is 7. The van der Waals surface area contributed by atoms with E-state index < -0.39 is 0 Å². The van der Waals surface area contributed by atoms with Crippen molar-refractivity contribution in [2.24, 2.45) is 23.7 Å². The third-order valence-corrected chi connectivity index (χ3v) is 5.66. The predicted octanol–water partition coefficient (Wildman–Crippen LogP) is 5.81. The minimum atomic E-state index is 1.00.